The lowest BCUT2D eigenvalue weighted by molar-refractivity contribution is -0.121. The van der Waals surface area contributed by atoms with E-state index in [9.17, 15) is 9.59 Å². The first kappa shape index (κ1) is 15.2. The zero-order valence-electron chi connectivity index (χ0n) is 11.6. The van der Waals surface area contributed by atoms with E-state index in [0.29, 0.717) is 22.8 Å². The van der Waals surface area contributed by atoms with Crippen LogP contribution < -0.4 is 4.90 Å². The molecule has 110 valence electrons. The number of thiazole rings is 1. The standard InChI is InChI=1S/C12H16BrN3O3S/c1-12(2,3)19-11(18)15-4-5-16(9(17)6-15)10-14-8(13)7-20-10/h7H,4-6H2,1-3H3. The second-order valence-corrected chi connectivity index (χ2v) is 7.05. The van der Waals surface area contributed by atoms with E-state index in [0.717, 1.165) is 0 Å². The summed E-state index contributed by atoms with van der Waals surface area (Å²) in [5.41, 5.74) is -0.558. The van der Waals surface area contributed by atoms with Crippen molar-refractivity contribution in [2.45, 2.75) is 26.4 Å². The van der Waals surface area contributed by atoms with Crippen molar-refractivity contribution in [2.75, 3.05) is 24.5 Å². The van der Waals surface area contributed by atoms with Crippen LogP contribution in [0.3, 0.4) is 0 Å². The van der Waals surface area contributed by atoms with Crippen LogP contribution in [-0.4, -0.2) is 47.1 Å². The molecule has 1 aromatic heterocycles. The molecule has 2 amide bonds. The lowest BCUT2D eigenvalue weighted by Crippen LogP contribution is -2.53. The van der Waals surface area contributed by atoms with Crippen molar-refractivity contribution in [3.8, 4) is 0 Å². The first-order valence-electron chi connectivity index (χ1n) is 6.15. The normalized spacial score (nSPS) is 16.5. The minimum Gasteiger partial charge on any atom is -0.444 e. The molecule has 1 aliphatic rings. The molecule has 20 heavy (non-hydrogen) atoms. The Morgan fingerprint density at radius 2 is 2.15 bits per heavy atom. The number of carbonyl (C=O) groups is 2. The number of carbonyl (C=O) groups excluding carboxylic acids is 2. The Labute approximate surface area is 129 Å². The van der Waals surface area contributed by atoms with Crippen LogP contribution in [0, 0.1) is 0 Å². The zero-order valence-corrected chi connectivity index (χ0v) is 14.0. The maximum absolute atomic E-state index is 12.1. The van der Waals surface area contributed by atoms with Gasteiger partial charge in [-0.15, -0.1) is 11.3 Å². The van der Waals surface area contributed by atoms with E-state index < -0.39 is 11.7 Å². The Bertz CT molecular complexity index is 526. The van der Waals surface area contributed by atoms with Gasteiger partial charge in [0.25, 0.3) is 0 Å². The van der Waals surface area contributed by atoms with Gasteiger partial charge in [-0.3, -0.25) is 14.6 Å². The number of hydrogen-bond acceptors (Lipinski definition) is 5. The van der Waals surface area contributed by atoms with Crippen molar-refractivity contribution < 1.29 is 14.3 Å². The number of nitrogens with zero attached hydrogens (tertiary/aromatic N) is 3. The van der Waals surface area contributed by atoms with Crippen molar-refractivity contribution in [3.63, 3.8) is 0 Å². The van der Waals surface area contributed by atoms with E-state index in [1.54, 1.807) is 25.7 Å². The van der Waals surface area contributed by atoms with E-state index >= 15 is 0 Å². The predicted octanol–water partition coefficient (Wildman–Crippen LogP) is 2.49. The fourth-order valence-electron chi connectivity index (χ4n) is 1.73. The molecule has 2 heterocycles. The molecule has 0 unspecified atom stereocenters. The highest BCUT2D eigenvalue weighted by Gasteiger charge is 2.31. The van der Waals surface area contributed by atoms with Gasteiger partial charge >= 0.3 is 6.09 Å². The van der Waals surface area contributed by atoms with E-state index in [1.807, 2.05) is 5.38 Å². The second kappa shape index (κ2) is 5.69. The number of hydrogen-bond donors (Lipinski definition) is 0. The molecular weight excluding hydrogens is 346 g/mol. The minimum absolute atomic E-state index is 0.0200. The van der Waals surface area contributed by atoms with Gasteiger partial charge in [0, 0.05) is 18.5 Å². The van der Waals surface area contributed by atoms with Crippen molar-refractivity contribution in [1.29, 1.82) is 0 Å². The van der Waals surface area contributed by atoms with E-state index in [1.165, 1.54) is 16.2 Å². The average Bonchev–Trinajstić information content (AvgIpc) is 2.73. The van der Waals surface area contributed by atoms with Crippen molar-refractivity contribution >= 4 is 44.4 Å². The Kier molecular flexibility index (Phi) is 4.33. The fraction of sp³-hybridized carbons (Fsp3) is 0.583. The van der Waals surface area contributed by atoms with Gasteiger partial charge in [-0.2, -0.15) is 0 Å². The molecule has 0 aliphatic carbocycles. The molecule has 8 heteroatoms. The third-order valence-electron chi connectivity index (χ3n) is 2.57. The van der Waals surface area contributed by atoms with Crippen LogP contribution in [0.4, 0.5) is 9.93 Å². The van der Waals surface area contributed by atoms with Gasteiger partial charge in [0.15, 0.2) is 5.13 Å². The molecule has 1 aromatic rings. The SMILES string of the molecule is CC(C)(C)OC(=O)N1CCN(c2nc(Br)cs2)C(=O)C1. The summed E-state index contributed by atoms with van der Waals surface area (Å²) in [7, 11) is 0. The lowest BCUT2D eigenvalue weighted by atomic mass is 10.2. The number of anilines is 1. The lowest BCUT2D eigenvalue weighted by Gasteiger charge is -2.33. The molecule has 6 nitrogen and oxygen atoms in total. The number of amides is 2. The number of halogens is 1. The molecule has 0 aromatic carbocycles. The summed E-state index contributed by atoms with van der Waals surface area (Å²) in [6.07, 6.45) is -0.453. The van der Waals surface area contributed by atoms with Crippen LogP contribution in [0.25, 0.3) is 0 Å². The molecule has 2 rings (SSSR count). The topological polar surface area (TPSA) is 62.7 Å². The van der Waals surface area contributed by atoms with Gasteiger partial charge < -0.3 is 4.74 Å². The molecule has 0 atom stereocenters. The van der Waals surface area contributed by atoms with E-state index in [-0.39, 0.29) is 12.5 Å². The van der Waals surface area contributed by atoms with Gasteiger partial charge in [-0.05, 0) is 36.7 Å². The smallest absolute Gasteiger partial charge is 0.410 e. The van der Waals surface area contributed by atoms with Gasteiger partial charge in [-0.25, -0.2) is 9.78 Å². The first-order chi connectivity index (χ1) is 9.26. The van der Waals surface area contributed by atoms with Gasteiger partial charge in [-0.1, -0.05) is 0 Å². The van der Waals surface area contributed by atoms with Crippen LogP contribution >= 0.6 is 27.3 Å². The summed E-state index contributed by atoms with van der Waals surface area (Å²) in [6.45, 7) is 6.30. The minimum atomic E-state index is -0.558. The molecule has 0 radical (unpaired) electrons. The van der Waals surface area contributed by atoms with Crippen LogP contribution in [-0.2, 0) is 9.53 Å². The van der Waals surface area contributed by atoms with Crippen LogP contribution in [0.2, 0.25) is 0 Å². The maximum Gasteiger partial charge on any atom is 0.410 e. The van der Waals surface area contributed by atoms with E-state index in [2.05, 4.69) is 20.9 Å². The second-order valence-electron chi connectivity index (χ2n) is 5.40. The van der Waals surface area contributed by atoms with Crippen molar-refractivity contribution in [1.82, 2.24) is 9.88 Å². The van der Waals surface area contributed by atoms with Crippen LogP contribution in [0.5, 0.6) is 0 Å². The fourth-order valence-corrected chi connectivity index (χ4v) is 3.02. The molecule has 1 fully saturated rings. The molecule has 0 spiro atoms. The summed E-state index contributed by atoms with van der Waals surface area (Å²) in [5.74, 6) is -0.149. The van der Waals surface area contributed by atoms with Crippen molar-refractivity contribution in [2.24, 2.45) is 0 Å². The number of aromatic nitrogens is 1. The Balaban J connectivity index is 1.99. The van der Waals surface area contributed by atoms with Crippen LogP contribution in [0.15, 0.2) is 9.98 Å². The maximum atomic E-state index is 12.1. The summed E-state index contributed by atoms with van der Waals surface area (Å²) in [6, 6.07) is 0. The highest BCUT2D eigenvalue weighted by Crippen LogP contribution is 2.25. The van der Waals surface area contributed by atoms with Crippen LogP contribution in [0.1, 0.15) is 20.8 Å². The number of rotatable bonds is 1. The largest absolute Gasteiger partial charge is 0.444 e. The van der Waals surface area contributed by atoms with Crippen molar-refractivity contribution in [3.05, 3.63) is 9.98 Å². The number of piperazine rings is 1. The molecular formula is C12H16BrN3O3S. The summed E-state index contributed by atoms with van der Waals surface area (Å²) in [4.78, 5) is 31.3. The van der Waals surface area contributed by atoms with Gasteiger partial charge in [0.05, 0.1) is 0 Å². The third-order valence-corrected chi connectivity index (χ3v) is 4.14. The highest BCUT2D eigenvalue weighted by molar-refractivity contribution is 9.10. The zero-order chi connectivity index (χ0) is 14.9. The molecule has 1 saturated heterocycles. The summed E-state index contributed by atoms with van der Waals surface area (Å²) in [5, 5.41) is 2.47. The Morgan fingerprint density at radius 3 is 2.65 bits per heavy atom. The quantitative estimate of drug-likeness (QED) is 0.770. The Morgan fingerprint density at radius 1 is 1.45 bits per heavy atom. The number of ether oxygens (including phenoxy) is 1. The van der Waals surface area contributed by atoms with Gasteiger partial charge in [0.2, 0.25) is 5.91 Å². The molecule has 0 bridgehead atoms. The molecule has 0 N–H and O–H groups in total. The summed E-state index contributed by atoms with van der Waals surface area (Å²) >= 11 is 4.66. The predicted molar refractivity (Wildman–Crippen MR) is 80.0 cm³/mol. The Hall–Kier alpha value is -1.15. The first-order valence-corrected chi connectivity index (χ1v) is 7.83. The van der Waals surface area contributed by atoms with E-state index in [4.69, 9.17) is 4.74 Å². The van der Waals surface area contributed by atoms with Gasteiger partial charge in [0.1, 0.15) is 16.7 Å². The molecule has 0 saturated carbocycles. The summed E-state index contributed by atoms with van der Waals surface area (Å²) < 4.78 is 5.97. The highest BCUT2D eigenvalue weighted by atomic mass is 79.9. The monoisotopic (exact) mass is 361 g/mol. The molecule has 1 aliphatic heterocycles. The third kappa shape index (κ3) is 3.69. The average molecular weight is 362 g/mol.